The van der Waals surface area contributed by atoms with Gasteiger partial charge >= 0.3 is 5.97 Å². The fraction of sp³-hybridized carbons (Fsp3) is 0.571. The minimum atomic E-state index is -0.610. The Bertz CT molecular complexity index is 534. The quantitative estimate of drug-likeness (QED) is 0.832. The highest BCUT2D eigenvalue weighted by atomic mass is 32.1. The fourth-order valence-electron chi connectivity index (χ4n) is 2.59. The monoisotopic (exact) mass is 311 g/mol. The predicted octanol–water partition coefficient (Wildman–Crippen LogP) is 1.99. The van der Waals surface area contributed by atoms with Crippen LogP contribution in [0.5, 0.6) is 0 Å². The van der Waals surface area contributed by atoms with Crippen LogP contribution in [0.25, 0.3) is 0 Å². The minimum Gasteiger partial charge on any atom is -0.465 e. The molecule has 0 spiro atoms. The Hall–Kier alpha value is -1.76. The summed E-state index contributed by atoms with van der Waals surface area (Å²) in [5.74, 6) is -1.13. The molecule has 0 unspecified atom stereocenters. The molecule has 2 rings (SSSR count). The third kappa shape index (κ3) is 3.29. The lowest BCUT2D eigenvalue weighted by molar-refractivity contribution is 0.0603. The highest BCUT2D eigenvalue weighted by Crippen LogP contribution is 2.39. The van der Waals surface area contributed by atoms with Crippen LogP contribution in [0.2, 0.25) is 0 Å². The number of primary amides is 1. The molecule has 1 aromatic heterocycles. The summed E-state index contributed by atoms with van der Waals surface area (Å²) in [4.78, 5) is 25.9. The van der Waals surface area contributed by atoms with Gasteiger partial charge in [0.15, 0.2) is 0 Å². The van der Waals surface area contributed by atoms with E-state index in [1.54, 1.807) is 0 Å². The van der Waals surface area contributed by atoms with Gasteiger partial charge in [-0.05, 0) is 12.8 Å². The number of rotatable bonds is 3. The Balaban J connectivity index is 2.42. The fourth-order valence-corrected chi connectivity index (χ4v) is 3.70. The average molecular weight is 311 g/mol. The van der Waals surface area contributed by atoms with Crippen molar-refractivity contribution in [2.24, 2.45) is 5.73 Å². The molecule has 0 bridgehead atoms. The highest BCUT2D eigenvalue weighted by molar-refractivity contribution is 7.19. The number of nitrogens with two attached hydrogens (primary N) is 2. The molecule has 1 fully saturated rings. The van der Waals surface area contributed by atoms with E-state index in [-0.39, 0.29) is 16.1 Å². The maximum Gasteiger partial charge on any atom is 0.343 e. The summed E-state index contributed by atoms with van der Waals surface area (Å²) >= 11 is 1.19. The summed E-state index contributed by atoms with van der Waals surface area (Å²) in [7, 11) is 1.31. The molecule has 0 aromatic carbocycles. The number of anilines is 2. The largest absolute Gasteiger partial charge is 0.465 e. The van der Waals surface area contributed by atoms with Crippen LogP contribution in [0.1, 0.15) is 52.1 Å². The number of nitrogen functional groups attached to an aromatic ring is 1. The van der Waals surface area contributed by atoms with E-state index in [2.05, 4.69) is 4.90 Å². The number of carbonyl (C=O) groups is 2. The molecule has 1 aliphatic rings. The van der Waals surface area contributed by atoms with Gasteiger partial charge in [-0.1, -0.05) is 19.3 Å². The van der Waals surface area contributed by atoms with Gasteiger partial charge < -0.3 is 21.1 Å². The first-order valence-corrected chi connectivity index (χ1v) is 7.93. The van der Waals surface area contributed by atoms with Gasteiger partial charge in [0.05, 0.1) is 12.8 Å². The second-order valence-electron chi connectivity index (χ2n) is 5.14. The van der Waals surface area contributed by atoms with Crippen LogP contribution < -0.4 is 16.4 Å². The molecule has 1 amide bonds. The SMILES string of the molecule is COC(=O)c1c(N2CCCCCCC2)sc(C(N)=O)c1N. The van der Waals surface area contributed by atoms with Crippen molar-refractivity contribution in [2.75, 3.05) is 30.8 Å². The van der Waals surface area contributed by atoms with Gasteiger partial charge in [-0.15, -0.1) is 11.3 Å². The first-order chi connectivity index (χ1) is 10.1. The van der Waals surface area contributed by atoms with Crippen LogP contribution in [0, 0.1) is 0 Å². The van der Waals surface area contributed by atoms with Crippen LogP contribution in [-0.2, 0) is 4.74 Å². The van der Waals surface area contributed by atoms with Crippen molar-refractivity contribution >= 4 is 33.9 Å². The van der Waals surface area contributed by atoms with Gasteiger partial charge in [0.25, 0.3) is 5.91 Å². The summed E-state index contributed by atoms with van der Waals surface area (Å²) < 4.78 is 4.81. The molecule has 2 heterocycles. The van der Waals surface area contributed by atoms with Crippen molar-refractivity contribution in [3.05, 3.63) is 10.4 Å². The van der Waals surface area contributed by atoms with E-state index in [1.807, 2.05) is 0 Å². The highest BCUT2D eigenvalue weighted by Gasteiger charge is 2.28. The first kappa shape index (κ1) is 15.6. The lowest BCUT2D eigenvalue weighted by Crippen LogP contribution is -2.27. The molecule has 0 aliphatic carbocycles. The van der Waals surface area contributed by atoms with Crippen LogP contribution >= 0.6 is 11.3 Å². The minimum absolute atomic E-state index is 0.136. The van der Waals surface area contributed by atoms with Gasteiger partial charge in [0, 0.05) is 13.1 Å². The smallest absolute Gasteiger partial charge is 0.343 e. The molecule has 1 aliphatic heterocycles. The van der Waals surface area contributed by atoms with Crippen molar-refractivity contribution in [1.29, 1.82) is 0 Å². The van der Waals surface area contributed by atoms with Crippen LogP contribution in [0.3, 0.4) is 0 Å². The van der Waals surface area contributed by atoms with E-state index in [0.717, 1.165) is 25.9 Å². The van der Waals surface area contributed by atoms with E-state index >= 15 is 0 Å². The molecular weight excluding hydrogens is 290 g/mol. The number of hydrogen-bond donors (Lipinski definition) is 2. The van der Waals surface area contributed by atoms with Crippen LogP contribution in [-0.4, -0.2) is 32.1 Å². The average Bonchev–Trinajstić information content (AvgIpc) is 2.75. The number of thiophene rings is 1. The third-order valence-corrected chi connectivity index (χ3v) is 4.96. The zero-order valence-electron chi connectivity index (χ0n) is 12.2. The van der Waals surface area contributed by atoms with E-state index < -0.39 is 11.9 Å². The molecule has 0 saturated carbocycles. The zero-order valence-corrected chi connectivity index (χ0v) is 13.0. The molecule has 4 N–H and O–H groups in total. The molecule has 0 atom stereocenters. The van der Waals surface area contributed by atoms with Gasteiger partial charge in [-0.3, -0.25) is 4.79 Å². The predicted molar refractivity (Wildman–Crippen MR) is 83.9 cm³/mol. The van der Waals surface area contributed by atoms with Crippen LogP contribution in [0.15, 0.2) is 0 Å². The second kappa shape index (κ2) is 6.80. The lowest BCUT2D eigenvalue weighted by atomic mass is 10.1. The maximum atomic E-state index is 12.0. The van der Waals surface area contributed by atoms with Crippen molar-refractivity contribution in [3.63, 3.8) is 0 Å². The molecule has 7 heteroatoms. The molecule has 21 heavy (non-hydrogen) atoms. The Labute approximate surface area is 128 Å². The first-order valence-electron chi connectivity index (χ1n) is 7.11. The molecule has 0 radical (unpaired) electrons. The molecular formula is C14H21N3O3S. The Morgan fingerprint density at radius 1 is 1.14 bits per heavy atom. The van der Waals surface area contributed by atoms with Crippen LogP contribution in [0.4, 0.5) is 10.7 Å². The van der Waals surface area contributed by atoms with Gasteiger partial charge in [0.2, 0.25) is 0 Å². The van der Waals surface area contributed by atoms with E-state index in [9.17, 15) is 9.59 Å². The Kier molecular flexibility index (Phi) is 5.06. The Morgan fingerprint density at radius 2 is 1.71 bits per heavy atom. The molecule has 6 nitrogen and oxygen atoms in total. The Morgan fingerprint density at radius 3 is 2.24 bits per heavy atom. The van der Waals surface area contributed by atoms with E-state index in [1.165, 1.54) is 37.7 Å². The van der Waals surface area contributed by atoms with E-state index in [4.69, 9.17) is 16.2 Å². The maximum absolute atomic E-state index is 12.0. The van der Waals surface area contributed by atoms with Gasteiger partial charge in [0.1, 0.15) is 15.4 Å². The number of carbonyl (C=O) groups excluding carboxylic acids is 2. The molecule has 1 aromatic rings. The second-order valence-corrected chi connectivity index (χ2v) is 6.13. The number of nitrogens with zero attached hydrogens (tertiary/aromatic N) is 1. The van der Waals surface area contributed by atoms with Gasteiger partial charge in [-0.25, -0.2) is 4.79 Å². The number of methoxy groups -OCH3 is 1. The summed E-state index contributed by atoms with van der Waals surface area (Å²) in [6.07, 6.45) is 5.71. The number of hydrogen-bond acceptors (Lipinski definition) is 6. The summed E-state index contributed by atoms with van der Waals surface area (Å²) in [6, 6.07) is 0. The van der Waals surface area contributed by atoms with Gasteiger partial charge in [-0.2, -0.15) is 0 Å². The zero-order chi connectivity index (χ0) is 15.4. The van der Waals surface area contributed by atoms with Crippen molar-refractivity contribution in [3.8, 4) is 0 Å². The standard InChI is InChI=1S/C14H21N3O3S/c1-20-14(19)9-10(15)11(12(16)18)21-13(9)17-7-5-3-2-4-6-8-17/h2-8,15H2,1H3,(H2,16,18). The topological polar surface area (TPSA) is 98.6 Å². The summed E-state index contributed by atoms with van der Waals surface area (Å²) in [5.41, 5.74) is 11.7. The lowest BCUT2D eigenvalue weighted by Gasteiger charge is -2.26. The molecule has 1 saturated heterocycles. The van der Waals surface area contributed by atoms with E-state index in [0.29, 0.717) is 5.00 Å². The third-order valence-electron chi connectivity index (χ3n) is 3.68. The summed E-state index contributed by atoms with van der Waals surface area (Å²) in [6.45, 7) is 1.70. The normalized spacial score (nSPS) is 16.1. The summed E-state index contributed by atoms with van der Waals surface area (Å²) in [5, 5.41) is 0.704. The molecule has 116 valence electrons. The number of amides is 1. The van der Waals surface area contributed by atoms with Crippen molar-refractivity contribution in [2.45, 2.75) is 32.1 Å². The number of esters is 1. The van der Waals surface area contributed by atoms with Crippen molar-refractivity contribution < 1.29 is 14.3 Å². The number of ether oxygens (including phenoxy) is 1. The van der Waals surface area contributed by atoms with Crippen molar-refractivity contribution in [1.82, 2.24) is 0 Å².